The van der Waals surface area contributed by atoms with Crippen LogP contribution < -0.4 is 11.3 Å². The van der Waals surface area contributed by atoms with E-state index in [0.717, 1.165) is 18.6 Å². The van der Waals surface area contributed by atoms with E-state index >= 15 is 0 Å². The minimum absolute atomic E-state index is 0.0100. The van der Waals surface area contributed by atoms with Gasteiger partial charge in [0.25, 0.3) is 5.91 Å². The van der Waals surface area contributed by atoms with Crippen molar-refractivity contribution in [1.82, 2.24) is 4.90 Å². The second-order valence-electron chi connectivity index (χ2n) is 4.82. The van der Waals surface area contributed by atoms with Crippen LogP contribution in [0.25, 0.3) is 0 Å². The Morgan fingerprint density at radius 3 is 2.30 bits per heavy atom. The molecule has 20 heavy (non-hydrogen) atoms. The molecule has 0 aromatic heterocycles. The van der Waals surface area contributed by atoms with Gasteiger partial charge in [-0.3, -0.25) is 10.6 Å². The van der Waals surface area contributed by atoms with Crippen LogP contribution in [0.2, 0.25) is 0 Å². The highest BCUT2D eigenvalue weighted by Crippen LogP contribution is 2.21. The first-order valence-electron chi connectivity index (χ1n) is 6.69. The number of halogens is 2. The number of hydrogen-bond donors (Lipinski definition) is 2. The van der Waals surface area contributed by atoms with E-state index in [1.165, 1.54) is 0 Å². The fraction of sp³-hybridized carbons (Fsp3) is 0.500. The maximum Gasteiger partial charge on any atom is 0.254 e. The quantitative estimate of drug-likeness (QED) is 0.624. The number of nitrogens with two attached hydrogens (primary N) is 1. The van der Waals surface area contributed by atoms with Crippen molar-refractivity contribution in [1.29, 1.82) is 0 Å². The lowest BCUT2D eigenvalue weighted by atomic mass is 10.1. The van der Waals surface area contributed by atoms with Crippen molar-refractivity contribution in [2.75, 3.05) is 18.5 Å². The van der Waals surface area contributed by atoms with Crippen molar-refractivity contribution in [3.05, 3.63) is 29.3 Å². The Balaban J connectivity index is 3.01. The Labute approximate surface area is 117 Å². The first-order chi connectivity index (χ1) is 9.44. The summed E-state index contributed by atoms with van der Waals surface area (Å²) in [5.74, 6) is 3.22. The number of carbonyl (C=O) groups excluding carboxylic acids is 1. The molecule has 0 fully saturated rings. The van der Waals surface area contributed by atoms with E-state index in [2.05, 4.69) is 0 Å². The fourth-order valence-corrected chi connectivity index (χ4v) is 1.88. The van der Waals surface area contributed by atoms with Crippen molar-refractivity contribution in [2.45, 2.75) is 27.2 Å². The molecule has 3 N–H and O–H groups in total. The van der Waals surface area contributed by atoms with Gasteiger partial charge in [-0.2, -0.15) is 0 Å². The molecule has 1 atom stereocenters. The molecule has 0 bridgehead atoms. The molecule has 6 heteroatoms. The van der Waals surface area contributed by atoms with Crippen LogP contribution in [-0.2, 0) is 0 Å². The molecule has 4 nitrogen and oxygen atoms in total. The summed E-state index contributed by atoms with van der Waals surface area (Å²) in [6.07, 6.45) is 0.933. The van der Waals surface area contributed by atoms with Gasteiger partial charge in [-0.15, -0.1) is 0 Å². The minimum atomic E-state index is -0.879. The zero-order valence-electron chi connectivity index (χ0n) is 12.0. The maximum atomic E-state index is 13.6. The molecule has 0 radical (unpaired) electrons. The number of anilines is 1. The van der Waals surface area contributed by atoms with Gasteiger partial charge < -0.3 is 10.3 Å². The fourth-order valence-electron chi connectivity index (χ4n) is 1.88. The lowest BCUT2D eigenvalue weighted by molar-refractivity contribution is 0.0740. The van der Waals surface area contributed by atoms with E-state index in [-0.39, 0.29) is 11.5 Å². The van der Waals surface area contributed by atoms with Crippen molar-refractivity contribution < 1.29 is 13.6 Å². The first-order valence-corrected chi connectivity index (χ1v) is 6.69. The standard InChI is InChI=1S/C14H21F2N3O/c1-4-9(3)8-19(5-2)14(20)10-6-11(15)13(18-17)12(16)7-10/h6-7,9,18H,4-5,8,17H2,1-3H3. The molecule has 0 heterocycles. The van der Waals surface area contributed by atoms with Gasteiger partial charge in [0.1, 0.15) is 5.69 Å². The van der Waals surface area contributed by atoms with E-state index in [9.17, 15) is 13.6 Å². The van der Waals surface area contributed by atoms with E-state index in [0.29, 0.717) is 19.0 Å². The highest BCUT2D eigenvalue weighted by atomic mass is 19.1. The van der Waals surface area contributed by atoms with E-state index in [1.54, 1.807) is 4.90 Å². The van der Waals surface area contributed by atoms with Crippen LogP contribution in [-0.4, -0.2) is 23.9 Å². The molecular weight excluding hydrogens is 264 g/mol. The molecule has 1 unspecified atom stereocenters. The topological polar surface area (TPSA) is 58.4 Å². The molecular formula is C14H21F2N3O. The van der Waals surface area contributed by atoms with Crippen LogP contribution in [0.1, 0.15) is 37.6 Å². The third kappa shape index (κ3) is 3.66. The van der Waals surface area contributed by atoms with E-state index in [4.69, 9.17) is 5.84 Å². The lowest BCUT2D eigenvalue weighted by Crippen LogP contribution is -2.34. The van der Waals surface area contributed by atoms with Crippen molar-refractivity contribution >= 4 is 11.6 Å². The van der Waals surface area contributed by atoms with Crippen LogP contribution in [0.5, 0.6) is 0 Å². The molecule has 0 aliphatic rings. The predicted octanol–water partition coefficient (Wildman–Crippen LogP) is 2.76. The van der Waals surface area contributed by atoms with Crippen molar-refractivity contribution in [3.63, 3.8) is 0 Å². The second-order valence-corrected chi connectivity index (χ2v) is 4.82. The van der Waals surface area contributed by atoms with Gasteiger partial charge in [-0.1, -0.05) is 20.3 Å². The number of nitrogen functional groups attached to an aromatic ring is 1. The number of nitrogens with zero attached hydrogens (tertiary/aromatic N) is 1. The molecule has 0 saturated heterocycles. The van der Waals surface area contributed by atoms with Gasteiger partial charge >= 0.3 is 0 Å². The van der Waals surface area contributed by atoms with Crippen LogP contribution in [0.4, 0.5) is 14.5 Å². The zero-order chi connectivity index (χ0) is 15.3. The Morgan fingerprint density at radius 2 is 1.90 bits per heavy atom. The van der Waals surface area contributed by atoms with E-state index < -0.39 is 17.3 Å². The van der Waals surface area contributed by atoms with Gasteiger partial charge in [0.05, 0.1) is 0 Å². The summed E-state index contributed by atoms with van der Waals surface area (Å²) in [5, 5.41) is 0. The molecule has 1 amide bonds. The predicted molar refractivity (Wildman–Crippen MR) is 75.2 cm³/mol. The number of benzene rings is 1. The van der Waals surface area contributed by atoms with Gasteiger partial charge in [0.15, 0.2) is 11.6 Å². The highest BCUT2D eigenvalue weighted by Gasteiger charge is 2.19. The normalized spacial score (nSPS) is 12.1. The summed E-state index contributed by atoms with van der Waals surface area (Å²) >= 11 is 0. The first kappa shape index (κ1) is 16.4. The maximum absolute atomic E-state index is 13.6. The van der Waals surface area contributed by atoms with Gasteiger partial charge in [-0.25, -0.2) is 8.78 Å². The number of hydrogen-bond acceptors (Lipinski definition) is 3. The average Bonchev–Trinajstić information content (AvgIpc) is 2.43. The van der Waals surface area contributed by atoms with Crippen LogP contribution in [0.3, 0.4) is 0 Å². The molecule has 0 aliphatic heterocycles. The number of nitrogens with one attached hydrogen (secondary N) is 1. The smallest absolute Gasteiger partial charge is 0.254 e. The third-order valence-electron chi connectivity index (χ3n) is 3.33. The molecule has 1 aromatic carbocycles. The molecule has 112 valence electrons. The summed E-state index contributed by atoms with van der Waals surface area (Å²) in [4.78, 5) is 13.9. The molecule has 1 rings (SSSR count). The zero-order valence-corrected chi connectivity index (χ0v) is 12.0. The van der Waals surface area contributed by atoms with E-state index in [1.807, 2.05) is 26.2 Å². The number of amides is 1. The summed E-state index contributed by atoms with van der Waals surface area (Å²) in [6.45, 7) is 6.95. The number of rotatable bonds is 6. The third-order valence-corrected chi connectivity index (χ3v) is 3.33. The van der Waals surface area contributed by atoms with Gasteiger partial charge in [-0.05, 0) is 25.0 Å². The van der Waals surface area contributed by atoms with Crippen LogP contribution in [0.15, 0.2) is 12.1 Å². The summed E-state index contributed by atoms with van der Waals surface area (Å²) < 4.78 is 27.2. The number of hydrazine groups is 1. The van der Waals surface area contributed by atoms with Gasteiger partial charge in [0, 0.05) is 18.7 Å². The molecule has 0 spiro atoms. The van der Waals surface area contributed by atoms with Crippen molar-refractivity contribution in [3.8, 4) is 0 Å². The molecule has 0 aliphatic carbocycles. The monoisotopic (exact) mass is 285 g/mol. The highest BCUT2D eigenvalue weighted by molar-refractivity contribution is 5.94. The Morgan fingerprint density at radius 1 is 1.35 bits per heavy atom. The SMILES string of the molecule is CCC(C)CN(CC)C(=O)c1cc(F)c(NN)c(F)c1. The summed E-state index contributed by atoms with van der Waals surface area (Å²) in [5.41, 5.74) is 1.49. The molecule has 0 saturated carbocycles. The number of carbonyl (C=O) groups is 1. The summed E-state index contributed by atoms with van der Waals surface area (Å²) in [6, 6.07) is 2.00. The average molecular weight is 285 g/mol. The largest absolute Gasteiger partial charge is 0.339 e. The Hall–Kier alpha value is -1.69. The molecule has 1 aromatic rings. The Kier molecular flexibility index (Phi) is 5.88. The van der Waals surface area contributed by atoms with Crippen LogP contribution in [0, 0.1) is 17.6 Å². The summed E-state index contributed by atoms with van der Waals surface area (Å²) in [7, 11) is 0. The minimum Gasteiger partial charge on any atom is -0.339 e. The second kappa shape index (κ2) is 7.19. The lowest BCUT2D eigenvalue weighted by Gasteiger charge is -2.24. The van der Waals surface area contributed by atoms with Crippen molar-refractivity contribution in [2.24, 2.45) is 11.8 Å². The Bertz CT molecular complexity index is 456. The van der Waals surface area contributed by atoms with Gasteiger partial charge in [0.2, 0.25) is 0 Å². The van der Waals surface area contributed by atoms with Crippen LogP contribution >= 0.6 is 0 Å².